The SMILES string of the molecule is CCS(=O)(=O)c1cc(-c2ccc(F)cc2)cnc1-c1ncc2nc(C(F)(F)F)n(C)c2n1. The van der Waals surface area contributed by atoms with Crippen molar-refractivity contribution in [1.82, 2.24) is 24.5 Å². The smallest absolute Gasteiger partial charge is 0.308 e. The Labute approximate surface area is 179 Å². The van der Waals surface area contributed by atoms with Crippen LogP contribution in [0.5, 0.6) is 0 Å². The van der Waals surface area contributed by atoms with Crippen molar-refractivity contribution in [3.63, 3.8) is 0 Å². The fourth-order valence-corrected chi connectivity index (χ4v) is 4.21. The maximum Gasteiger partial charge on any atom is 0.449 e. The van der Waals surface area contributed by atoms with Crippen molar-refractivity contribution < 1.29 is 26.0 Å². The highest BCUT2D eigenvalue weighted by Crippen LogP contribution is 2.32. The van der Waals surface area contributed by atoms with E-state index in [0.29, 0.717) is 11.1 Å². The van der Waals surface area contributed by atoms with Crippen LogP contribution in [0.3, 0.4) is 0 Å². The third-order valence-corrected chi connectivity index (χ3v) is 6.56. The summed E-state index contributed by atoms with van der Waals surface area (Å²) in [4.78, 5) is 15.7. The van der Waals surface area contributed by atoms with Gasteiger partial charge in [0, 0.05) is 18.8 Å². The molecule has 0 bridgehead atoms. The Hall–Kier alpha value is -3.41. The molecular formula is C20H15F4N5O2S. The lowest BCUT2D eigenvalue weighted by Crippen LogP contribution is -2.12. The van der Waals surface area contributed by atoms with E-state index in [0.717, 1.165) is 17.8 Å². The molecule has 0 saturated carbocycles. The van der Waals surface area contributed by atoms with E-state index < -0.39 is 27.7 Å². The second kappa shape index (κ2) is 7.62. The van der Waals surface area contributed by atoms with Crippen molar-refractivity contribution in [2.45, 2.75) is 18.0 Å². The minimum absolute atomic E-state index is 0.0913. The van der Waals surface area contributed by atoms with Crippen molar-refractivity contribution in [2.75, 3.05) is 5.75 Å². The largest absolute Gasteiger partial charge is 0.449 e. The van der Waals surface area contributed by atoms with Crippen molar-refractivity contribution in [1.29, 1.82) is 0 Å². The first kappa shape index (κ1) is 21.8. The predicted octanol–water partition coefficient (Wildman–Crippen LogP) is 4.04. The molecule has 32 heavy (non-hydrogen) atoms. The number of rotatable bonds is 4. The van der Waals surface area contributed by atoms with Gasteiger partial charge in [0.2, 0.25) is 5.82 Å². The Morgan fingerprint density at radius 2 is 1.69 bits per heavy atom. The summed E-state index contributed by atoms with van der Waals surface area (Å²) < 4.78 is 79.0. The van der Waals surface area contributed by atoms with Crippen LogP contribution in [0.1, 0.15) is 12.7 Å². The van der Waals surface area contributed by atoms with Gasteiger partial charge in [-0.2, -0.15) is 13.2 Å². The fourth-order valence-electron chi connectivity index (χ4n) is 3.15. The standard InChI is InChI=1S/C20H15F4N5O2S/c1-3-32(30,31)15-8-12(11-4-6-13(21)7-5-11)9-25-16(15)17-26-10-14-18(28-17)29(2)19(27-14)20(22,23)24/h4-10H,3H2,1-2H3. The van der Waals surface area contributed by atoms with E-state index in [1.807, 2.05) is 0 Å². The highest BCUT2D eigenvalue weighted by molar-refractivity contribution is 7.91. The average Bonchev–Trinajstić information content (AvgIpc) is 3.10. The second-order valence-corrected chi connectivity index (χ2v) is 9.12. The lowest BCUT2D eigenvalue weighted by molar-refractivity contribution is -0.146. The fraction of sp³-hybridized carbons (Fsp3) is 0.200. The quantitative estimate of drug-likeness (QED) is 0.423. The van der Waals surface area contributed by atoms with Crippen molar-refractivity contribution in [3.05, 3.63) is 54.4 Å². The summed E-state index contributed by atoms with van der Waals surface area (Å²) in [7, 11) is -2.66. The minimum Gasteiger partial charge on any atom is -0.308 e. The van der Waals surface area contributed by atoms with Gasteiger partial charge in [-0.3, -0.25) is 4.98 Å². The van der Waals surface area contributed by atoms with E-state index in [1.54, 1.807) is 0 Å². The predicted molar refractivity (Wildman–Crippen MR) is 108 cm³/mol. The summed E-state index contributed by atoms with van der Waals surface area (Å²) in [6.07, 6.45) is -2.23. The number of hydrogen-bond acceptors (Lipinski definition) is 6. The van der Waals surface area contributed by atoms with Gasteiger partial charge >= 0.3 is 6.18 Å². The first-order valence-corrected chi connectivity index (χ1v) is 10.9. The van der Waals surface area contributed by atoms with Gasteiger partial charge in [0.15, 0.2) is 21.3 Å². The molecule has 3 heterocycles. The van der Waals surface area contributed by atoms with Gasteiger partial charge in [0.25, 0.3) is 0 Å². The van der Waals surface area contributed by atoms with E-state index in [2.05, 4.69) is 19.9 Å². The summed E-state index contributed by atoms with van der Waals surface area (Å²) >= 11 is 0. The number of benzene rings is 1. The third-order valence-electron chi connectivity index (χ3n) is 4.82. The molecule has 0 unspecified atom stereocenters. The van der Waals surface area contributed by atoms with E-state index in [4.69, 9.17) is 0 Å². The topological polar surface area (TPSA) is 90.6 Å². The van der Waals surface area contributed by atoms with Crippen LogP contribution in [0.25, 0.3) is 33.8 Å². The molecule has 12 heteroatoms. The third kappa shape index (κ3) is 3.81. The molecule has 0 spiro atoms. The van der Waals surface area contributed by atoms with Crippen LogP contribution in [-0.2, 0) is 23.1 Å². The minimum atomic E-state index is -4.69. The highest BCUT2D eigenvalue weighted by Gasteiger charge is 2.37. The van der Waals surface area contributed by atoms with Gasteiger partial charge in [0.05, 0.1) is 16.8 Å². The molecule has 0 N–H and O–H groups in total. The van der Waals surface area contributed by atoms with Crippen LogP contribution in [0.2, 0.25) is 0 Å². The number of halogens is 4. The second-order valence-electron chi connectivity index (χ2n) is 6.88. The highest BCUT2D eigenvalue weighted by atomic mass is 32.2. The summed E-state index contributed by atoms with van der Waals surface area (Å²) in [5, 5.41) is 0. The number of fused-ring (bicyclic) bond motifs is 1. The molecule has 0 saturated heterocycles. The summed E-state index contributed by atoms with van der Waals surface area (Å²) in [6.45, 7) is 1.45. The van der Waals surface area contributed by atoms with E-state index >= 15 is 0 Å². The van der Waals surface area contributed by atoms with Crippen LogP contribution < -0.4 is 0 Å². The molecule has 0 fully saturated rings. The van der Waals surface area contributed by atoms with Crippen molar-refractivity contribution in [3.8, 4) is 22.6 Å². The Kier molecular flexibility index (Phi) is 5.19. The van der Waals surface area contributed by atoms with Gasteiger partial charge in [-0.25, -0.2) is 27.8 Å². The molecule has 0 aliphatic heterocycles. The molecule has 4 aromatic rings. The Morgan fingerprint density at radius 1 is 1.00 bits per heavy atom. The summed E-state index contributed by atoms with van der Waals surface area (Å²) in [5.41, 5.74) is 0.643. The molecule has 0 radical (unpaired) electrons. The number of alkyl halides is 3. The van der Waals surface area contributed by atoms with Gasteiger partial charge < -0.3 is 4.57 Å². The summed E-state index contributed by atoms with van der Waals surface area (Å²) in [5.74, 6) is -2.01. The molecule has 0 atom stereocenters. The van der Waals surface area contributed by atoms with Gasteiger partial charge in [0.1, 0.15) is 17.0 Å². The van der Waals surface area contributed by atoms with Crippen LogP contribution in [0.15, 0.2) is 47.6 Å². The molecule has 0 aliphatic carbocycles. The van der Waals surface area contributed by atoms with Crippen LogP contribution in [-0.4, -0.2) is 38.7 Å². The van der Waals surface area contributed by atoms with Crippen LogP contribution >= 0.6 is 0 Å². The Balaban J connectivity index is 1.92. The van der Waals surface area contributed by atoms with E-state index in [9.17, 15) is 26.0 Å². The Bertz CT molecular complexity index is 1430. The van der Waals surface area contributed by atoms with Crippen molar-refractivity contribution in [2.24, 2.45) is 7.05 Å². The summed E-state index contributed by atoms with van der Waals surface area (Å²) in [6, 6.07) is 6.78. The first-order chi connectivity index (χ1) is 15.0. The number of aromatic nitrogens is 5. The monoisotopic (exact) mass is 465 g/mol. The molecule has 7 nitrogen and oxygen atoms in total. The van der Waals surface area contributed by atoms with E-state index in [1.165, 1.54) is 43.5 Å². The molecular weight excluding hydrogens is 450 g/mol. The van der Waals surface area contributed by atoms with Crippen LogP contribution in [0, 0.1) is 5.82 Å². The number of pyridine rings is 1. The molecule has 0 amide bonds. The van der Waals surface area contributed by atoms with Gasteiger partial charge in [-0.05, 0) is 23.8 Å². The maximum atomic E-state index is 13.2. The van der Waals surface area contributed by atoms with Crippen molar-refractivity contribution >= 4 is 21.0 Å². The molecule has 0 aliphatic rings. The number of nitrogens with zero attached hydrogens (tertiary/aromatic N) is 5. The normalized spacial score (nSPS) is 12.4. The zero-order valence-corrected chi connectivity index (χ0v) is 17.5. The zero-order chi connectivity index (χ0) is 23.3. The Morgan fingerprint density at radius 3 is 2.31 bits per heavy atom. The molecule has 4 rings (SSSR count). The number of imidazole rings is 1. The molecule has 1 aromatic carbocycles. The zero-order valence-electron chi connectivity index (χ0n) is 16.7. The number of sulfone groups is 1. The molecule has 3 aromatic heterocycles. The van der Waals surface area contributed by atoms with Gasteiger partial charge in [-0.1, -0.05) is 19.1 Å². The first-order valence-electron chi connectivity index (χ1n) is 9.27. The van der Waals surface area contributed by atoms with Crippen LogP contribution in [0.4, 0.5) is 17.6 Å². The average molecular weight is 465 g/mol. The number of hydrogen-bond donors (Lipinski definition) is 0. The van der Waals surface area contributed by atoms with Gasteiger partial charge in [-0.15, -0.1) is 0 Å². The van der Waals surface area contributed by atoms with E-state index in [-0.39, 0.29) is 33.3 Å². The lowest BCUT2D eigenvalue weighted by Gasteiger charge is -2.11. The lowest BCUT2D eigenvalue weighted by atomic mass is 10.1. The maximum absolute atomic E-state index is 13.2. The number of aryl methyl sites for hydroxylation is 1. The molecule has 166 valence electrons.